The third-order valence-electron chi connectivity index (χ3n) is 3.82. The second-order valence-corrected chi connectivity index (χ2v) is 6.26. The summed E-state index contributed by atoms with van der Waals surface area (Å²) in [5, 5.41) is 0. The zero-order valence-corrected chi connectivity index (χ0v) is 14.6. The Morgan fingerprint density at radius 3 is 2.55 bits per heavy atom. The minimum Gasteiger partial charge on any atom is -0.466 e. The van der Waals surface area contributed by atoms with Gasteiger partial charge in [-0.25, -0.2) is 8.78 Å². The molecule has 0 spiro atoms. The number of hydrogen-bond acceptors (Lipinski definition) is 3. The Morgan fingerprint density at radius 1 is 1.41 bits per heavy atom. The van der Waals surface area contributed by atoms with Crippen molar-refractivity contribution in [3.63, 3.8) is 0 Å². The van der Waals surface area contributed by atoms with Crippen LogP contribution in [0, 0.1) is 0 Å². The molecule has 0 bridgehead atoms. The van der Waals surface area contributed by atoms with Crippen molar-refractivity contribution in [1.82, 2.24) is 0 Å². The van der Waals surface area contributed by atoms with Gasteiger partial charge in [0.2, 0.25) is 6.43 Å². The molecule has 2 rings (SSSR count). The van der Waals surface area contributed by atoms with Crippen LogP contribution in [-0.4, -0.2) is 19.0 Å². The van der Waals surface area contributed by atoms with Crippen LogP contribution in [0.2, 0.25) is 0 Å². The van der Waals surface area contributed by atoms with Crippen LogP contribution < -0.4 is 5.73 Å². The molecule has 1 atom stereocenters. The fourth-order valence-electron chi connectivity index (χ4n) is 2.40. The summed E-state index contributed by atoms with van der Waals surface area (Å²) < 4.78 is 32.0. The molecule has 0 saturated heterocycles. The molecule has 0 radical (unpaired) electrons. The summed E-state index contributed by atoms with van der Waals surface area (Å²) in [6.45, 7) is 2.02. The lowest BCUT2D eigenvalue weighted by Crippen LogP contribution is -2.20. The van der Waals surface area contributed by atoms with Crippen molar-refractivity contribution in [1.29, 1.82) is 0 Å². The molecule has 0 amide bonds. The van der Waals surface area contributed by atoms with Crippen LogP contribution in [0.1, 0.15) is 43.4 Å². The van der Waals surface area contributed by atoms with Gasteiger partial charge in [-0.2, -0.15) is 0 Å². The van der Waals surface area contributed by atoms with Gasteiger partial charge in [-0.05, 0) is 43.0 Å². The van der Waals surface area contributed by atoms with Gasteiger partial charge in [0.25, 0.3) is 0 Å². The highest BCUT2D eigenvalue weighted by atomic mass is 79.9. The highest BCUT2D eigenvalue weighted by molar-refractivity contribution is 9.10. The zero-order chi connectivity index (χ0) is 15.6. The predicted octanol–water partition coefficient (Wildman–Crippen LogP) is 4.12. The summed E-state index contributed by atoms with van der Waals surface area (Å²) in [6, 6.07) is 4.59. The van der Waals surface area contributed by atoms with Crippen LogP contribution in [-0.2, 0) is 14.9 Å². The zero-order valence-electron chi connectivity index (χ0n) is 12.2. The Hall–Kier alpha value is -0.720. The van der Waals surface area contributed by atoms with Crippen LogP contribution in [0.4, 0.5) is 8.78 Å². The standard InChI is InChI=1S/C15H18BrF2NO2.ClH/c1-2-21-13(20)8-12(19)9-5-10(7-11(16)6-9)15(3-4-15)14(17)18;/h5-7,12,14H,2-4,8,19H2,1H3;1H/t12-;/m0./s1. The third-order valence-corrected chi connectivity index (χ3v) is 4.28. The smallest absolute Gasteiger partial charge is 0.307 e. The maximum Gasteiger partial charge on any atom is 0.307 e. The number of benzene rings is 1. The van der Waals surface area contributed by atoms with Crippen molar-refractivity contribution >= 4 is 34.3 Å². The van der Waals surface area contributed by atoms with Crippen molar-refractivity contribution in [3.8, 4) is 0 Å². The van der Waals surface area contributed by atoms with E-state index in [2.05, 4.69) is 15.9 Å². The molecule has 1 aliphatic carbocycles. The number of carbonyl (C=O) groups is 1. The first kappa shape index (κ1) is 19.3. The van der Waals surface area contributed by atoms with Crippen LogP contribution in [0.5, 0.6) is 0 Å². The van der Waals surface area contributed by atoms with Crippen LogP contribution >= 0.6 is 28.3 Å². The molecule has 22 heavy (non-hydrogen) atoms. The largest absolute Gasteiger partial charge is 0.466 e. The number of hydrogen-bond donors (Lipinski definition) is 1. The molecule has 124 valence electrons. The molecule has 0 aromatic heterocycles. The highest BCUT2D eigenvalue weighted by Gasteiger charge is 2.52. The van der Waals surface area contributed by atoms with Crippen molar-refractivity contribution < 1.29 is 18.3 Å². The normalized spacial score (nSPS) is 16.8. The van der Waals surface area contributed by atoms with E-state index in [0.717, 1.165) is 0 Å². The lowest BCUT2D eigenvalue weighted by molar-refractivity contribution is -0.143. The van der Waals surface area contributed by atoms with E-state index >= 15 is 0 Å². The first-order valence-corrected chi connectivity index (χ1v) is 7.68. The third kappa shape index (κ3) is 4.18. The van der Waals surface area contributed by atoms with E-state index in [1.807, 2.05) is 0 Å². The molecular formula is C15H19BrClF2NO2. The summed E-state index contributed by atoms with van der Waals surface area (Å²) in [5.74, 6) is -0.387. The van der Waals surface area contributed by atoms with Gasteiger partial charge >= 0.3 is 5.97 Å². The second kappa shape index (κ2) is 7.70. The highest BCUT2D eigenvalue weighted by Crippen LogP contribution is 2.53. The average molecular weight is 399 g/mol. The van der Waals surface area contributed by atoms with Crippen molar-refractivity contribution in [3.05, 3.63) is 33.8 Å². The summed E-state index contributed by atoms with van der Waals surface area (Å²) >= 11 is 3.33. The molecule has 1 aromatic rings. The number of ether oxygens (including phenoxy) is 1. The van der Waals surface area contributed by atoms with Gasteiger partial charge in [-0.1, -0.05) is 22.0 Å². The summed E-state index contributed by atoms with van der Waals surface area (Å²) in [7, 11) is 0. The van der Waals surface area contributed by atoms with Gasteiger partial charge in [0.15, 0.2) is 0 Å². The molecule has 0 aliphatic heterocycles. The molecule has 1 aliphatic rings. The quantitative estimate of drug-likeness (QED) is 0.733. The van der Waals surface area contributed by atoms with Crippen LogP contribution in [0.15, 0.2) is 22.7 Å². The maximum absolute atomic E-state index is 13.2. The summed E-state index contributed by atoms with van der Waals surface area (Å²) in [5.41, 5.74) is 6.21. The Morgan fingerprint density at radius 2 is 2.05 bits per heavy atom. The van der Waals surface area contributed by atoms with Crippen molar-refractivity contribution in [2.45, 2.75) is 44.1 Å². The Bertz CT molecular complexity index is 538. The van der Waals surface area contributed by atoms with E-state index in [1.54, 1.807) is 25.1 Å². The number of halogens is 4. The fraction of sp³-hybridized carbons (Fsp3) is 0.533. The van der Waals surface area contributed by atoms with Crippen LogP contribution in [0.3, 0.4) is 0 Å². The average Bonchev–Trinajstić information content (AvgIpc) is 3.19. The number of esters is 1. The minimum atomic E-state index is -2.39. The van der Waals surface area contributed by atoms with Gasteiger partial charge in [0.1, 0.15) is 0 Å². The van der Waals surface area contributed by atoms with Gasteiger partial charge in [-0.15, -0.1) is 12.4 Å². The topological polar surface area (TPSA) is 52.3 Å². The molecular weight excluding hydrogens is 380 g/mol. The number of rotatable bonds is 6. The minimum absolute atomic E-state index is 0. The van der Waals surface area contributed by atoms with Gasteiger partial charge < -0.3 is 10.5 Å². The SMILES string of the molecule is CCOC(=O)C[C@H](N)c1cc(Br)cc(C2(C(F)F)CC2)c1.Cl. The van der Waals surface area contributed by atoms with E-state index in [4.69, 9.17) is 10.5 Å². The van der Waals surface area contributed by atoms with E-state index in [-0.39, 0.29) is 24.8 Å². The summed E-state index contributed by atoms with van der Waals surface area (Å²) in [6.07, 6.45) is -1.40. The van der Waals surface area contributed by atoms with E-state index in [0.29, 0.717) is 35.0 Å². The van der Waals surface area contributed by atoms with E-state index in [1.165, 1.54) is 0 Å². The van der Waals surface area contributed by atoms with Crippen LogP contribution in [0.25, 0.3) is 0 Å². The fourth-order valence-corrected chi connectivity index (χ4v) is 2.91. The molecule has 0 unspecified atom stereocenters. The first-order valence-electron chi connectivity index (χ1n) is 6.89. The van der Waals surface area contributed by atoms with E-state index < -0.39 is 17.9 Å². The first-order chi connectivity index (χ1) is 9.89. The number of carbonyl (C=O) groups excluding carboxylic acids is 1. The Balaban J connectivity index is 0.00000242. The Labute approximate surface area is 143 Å². The van der Waals surface area contributed by atoms with Gasteiger partial charge in [0.05, 0.1) is 18.4 Å². The molecule has 1 fully saturated rings. The molecule has 1 aromatic carbocycles. The predicted molar refractivity (Wildman–Crippen MR) is 86.5 cm³/mol. The van der Waals surface area contributed by atoms with E-state index in [9.17, 15) is 13.6 Å². The maximum atomic E-state index is 13.2. The molecule has 2 N–H and O–H groups in total. The lowest BCUT2D eigenvalue weighted by Gasteiger charge is -2.18. The second-order valence-electron chi connectivity index (χ2n) is 5.35. The number of alkyl halides is 2. The molecule has 0 heterocycles. The summed E-state index contributed by atoms with van der Waals surface area (Å²) in [4.78, 5) is 11.5. The van der Waals surface area contributed by atoms with Crippen molar-refractivity contribution in [2.75, 3.05) is 6.61 Å². The van der Waals surface area contributed by atoms with Crippen molar-refractivity contribution in [2.24, 2.45) is 5.73 Å². The number of nitrogens with two attached hydrogens (primary N) is 1. The molecule has 7 heteroatoms. The molecule has 3 nitrogen and oxygen atoms in total. The lowest BCUT2D eigenvalue weighted by atomic mass is 9.92. The van der Waals surface area contributed by atoms with Gasteiger partial charge in [0, 0.05) is 10.5 Å². The molecule has 1 saturated carbocycles. The monoisotopic (exact) mass is 397 g/mol. The van der Waals surface area contributed by atoms with Gasteiger partial charge in [-0.3, -0.25) is 4.79 Å². The Kier molecular flexibility index (Phi) is 6.77.